The first-order valence-electron chi connectivity index (χ1n) is 8.98. The van der Waals surface area contributed by atoms with Crippen molar-refractivity contribution >= 4 is 46.7 Å². The smallest absolute Gasteiger partial charge is 0.337 e. The van der Waals surface area contributed by atoms with Crippen LogP contribution in [-0.4, -0.2) is 37.5 Å². The fraction of sp³-hybridized carbons (Fsp3) is 0.238. The average Bonchev–Trinajstić information content (AvgIpc) is 2.73. The molecule has 158 valence electrons. The Kier molecular flexibility index (Phi) is 8.37. The minimum atomic E-state index is -0.678. The normalized spacial score (nSPS) is 10.1. The molecule has 0 unspecified atom stereocenters. The molecule has 30 heavy (non-hydrogen) atoms. The number of hydrogen-bond donors (Lipinski definition) is 2. The maximum absolute atomic E-state index is 11.9. The molecule has 0 saturated carbocycles. The second kappa shape index (κ2) is 11.0. The van der Waals surface area contributed by atoms with E-state index in [-0.39, 0.29) is 12.8 Å². The molecule has 2 rings (SSSR count). The van der Waals surface area contributed by atoms with Crippen LogP contribution in [0.15, 0.2) is 42.5 Å². The molecule has 0 aromatic heterocycles. The molecule has 0 spiro atoms. The molecule has 2 amide bonds. The number of nitrogens with one attached hydrogen (secondary N) is 2. The molecule has 0 atom stereocenters. The van der Waals surface area contributed by atoms with Gasteiger partial charge >= 0.3 is 11.9 Å². The second-order valence-corrected chi connectivity index (χ2v) is 6.70. The van der Waals surface area contributed by atoms with E-state index in [1.807, 2.05) is 6.92 Å². The number of aryl methyl sites for hydroxylation is 1. The van der Waals surface area contributed by atoms with E-state index in [2.05, 4.69) is 15.4 Å². The van der Waals surface area contributed by atoms with Crippen molar-refractivity contribution < 1.29 is 28.7 Å². The van der Waals surface area contributed by atoms with Gasteiger partial charge in [-0.1, -0.05) is 17.7 Å². The summed E-state index contributed by atoms with van der Waals surface area (Å²) in [5.74, 6) is -2.08. The van der Waals surface area contributed by atoms with Crippen LogP contribution in [0.1, 0.15) is 28.8 Å². The molecule has 0 aliphatic heterocycles. The molecule has 0 fully saturated rings. The van der Waals surface area contributed by atoms with Crippen molar-refractivity contribution in [2.24, 2.45) is 0 Å². The summed E-state index contributed by atoms with van der Waals surface area (Å²) < 4.78 is 9.46. The third-order valence-corrected chi connectivity index (χ3v) is 4.37. The minimum Gasteiger partial charge on any atom is -0.465 e. The first kappa shape index (κ1) is 22.9. The van der Waals surface area contributed by atoms with Crippen LogP contribution in [-0.2, 0) is 23.9 Å². The van der Waals surface area contributed by atoms with E-state index in [0.717, 1.165) is 5.56 Å². The fourth-order valence-corrected chi connectivity index (χ4v) is 2.51. The summed E-state index contributed by atoms with van der Waals surface area (Å²) in [6.07, 6.45) is -0.303. The van der Waals surface area contributed by atoms with E-state index in [1.165, 1.54) is 19.2 Å². The lowest BCUT2D eigenvalue weighted by Gasteiger charge is -2.08. The topological polar surface area (TPSA) is 111 Å². The Hall–Kier alpha value is -3.39. The molecule has 2 aromatic carbocycles. The van der Waals surface area contributed by atoms with Crippen molar-refractivity contribution in [2.75, 3.05) is 24.4 Å². The van der Waals surface area contributed by atoms with Gasteiger partial charge in [0.15, 0.2) is 6.61 Å². The molecule has 0 saturated heterocycles. The summed E-state index contributed by atoms with van der Waals surface area (Å²) in [6.45, 7) is 1.37. The van der Waals surface area contributed by atoms with E-state index >= 15 is 0 Å². The highest BCUT2D eigenvalue weighted by atomic mass is 35.5. The first-order valence-corrected chi connectivity index (χ1v) is 9.36. The van der Waals surface area contributed by atoms with Crippen molar-refractivity contribution in [2.45, 2.75) is 19.8 Å². The van der Waals surface area contributed by atoms with Gasteiger partial charge in [-0.3, -0.25) is 14.4 Å². The van der Waals surface area contributed by atoms with E-state index in [1.54, 1.807) is 30.3 Å². The average molecular weight is 433 g/mol. The van der Waals surface area contributed by atoms with Gasteiger partial charge in [-0.2, -0.15) is 0 Å². The third kappa shape index (κ3) is 7.21. The number of ether oxygens (including phenoxy) is 2. The summed E-state index contributed by atoms with van der Waals surface area (Å²) in [6, 6.07) is 11.1. The molecule has 2 N–H and O–H groups in total. The summed E-state index contributed by atoms with van der Waals surface area (Å²) >= 11 is 5.99. The zero-order valence-electron chi connectivity index (χ0n) is 16.5. The van der Waals surface area contributed by atoms with Crippen LogP contribution in [0, 0.1) is 6.92 Å². The summed E-state index contributed by atoms with van der Waals surface area (Å²) in [7, 11) is 1.28. The number of benzene rings is 2. The summed E-state index contributed by atoms with van der Waals surface area (Å²) in [5.41, 5.74) is 2.19. The zero-order valence-corrected chi connectivity index (χ0v) is 17.2. The fourth-order valence-electron chi connectivity index (χ4n) is 2.33. The molecule has 0 aliphatic carbocycles. The van der Waals surface area contributed by atoms with Gasteiger partial charge in [0.25, 0.3) is 5.91 Å². The van der Waals surface area contributed by atoms with Crippen LogP contribution in [0.5, 0.6) is 0 Å². The number of carbonyl (C=O) groups is 4. The molecule has 0 bridgehead atoms. The van der Waals surface area contributed by atoms with E-state index < -0.39 is 30.4 Å². The molecule has 0 radical (unpaired) electrons. The number of esters is 2. The molecule has 9 heteroatoms. The van der Waals surface area contributed by atoms with E-state index in [4.69, 9.17) is 16.3 Å². The van der Waals surface area contributed by atoms with Crippen molar-refractivity contribution in [1.82, 2.24) is 0 Å². The summed E-state index contributed by atoms with van der Waals surface area (Å²) in [4.78, 5) is 46.9. The third-order valence-electron chi connectivity index (χ3n) is 3.97. The minimum absolute atomic E-state index is 0.118. The van der Waals surface area contributed by atoms with Gasteiger partial charge in [0.1, 0.15) is 0 Å². The molecule has 0 heterocycles. The van der Waals surface area contributed by atoms with E-state index in [0.29, 0.717) is 22.0 Å². The van der Waals surface area contributed by atoms with Gasteiger partial charge in [-0.25, -0.2) is 4.79 Å². The van der Waals surface area contributed by atoms with Crippen molar-refractivity contribution in [3.05, 3.63) is 58.6 Å². The Morgan fingerprint density at radius 3 is 2.17 bits per heavy atom. The van der Waals surface area contributed by atoms with Crippen molar-refractivity contribution in [1.29, 1.82) is 0 Å². The molecule has 8 nitrogen and oxygen atoms in total. The van der Waals surface area contributed by atoms with Gasteiger partial charge in [-0.05, 0) is 48.9 Å². The molecule has 0 aliphatic rings. The standard InChI is InChI=1S/C21H21ClN2O6/c1-13-3-6-16(11-17(13)22)24-19(26)12-30-20(27)10-9-18(25)23-15-7-4-14(5-8-15)21(28)29-2/h3-8,11H,9-10,12H2,1-2H3,(H,23,25)(H,24,26). The lowest BCUT2D eigenvalue weighted by atomic mass is 10.2. The quantitative estimate of drug-likeness (QED) is 0.619. The van der Waals surface area contributed by atoms with Gasteiger partial charge in [-0.15, -0.1) is 0 Å². The molecular formula is C21H21ClN2O6. The Morgan fingerprint density at radius 1 is 0.900 bits per heavy atom. The predicted molar refractivity (Wildman–Crippen MR) is 111 cm³/mol. The Balaban J connectivity index is 1.70. The van der Waals surface area contributed by atoms with Crippen LogP contribution in [0.3, 0.4) is 0 Å². The number of rotatable bonds is 8. The van der Waals surface area contributed by atoms with Crippen molar-refractivity contribution in [3.8, 4) is 0 Å². The van der Waals surface area contributed by atoms with Gasteiger partial charge in [0.05, 0.1) is 19.1 Å². The molecular weight excluding hydrogens is 412 g/mol. The number of anilines is 2. The van der Waals surface area contributed by atoms with Crippen LogP contribution < -0.4 is 10.6 Å². The lowest BCUT2D eigenvalue weighted by molar-refractivity contribution is -0.147. The lowest BCUT2D eigenvalue weighted by Crippen LogP contribution is -2.21. The van der Waals surface area contributed by atoms with Gasteiger partial charge in [0, 0.05) is 22.8 Å². The number of halogens is 1. The Bertz CT molecular complexity index is 943. The monoisotopic (exact) mass is 432 g/mol. The highest BCUT2D eigenvalue weighted by Gasteiger charge is 2.12. The largest absolute Gasteiger partial charge is 0.465 e. The number of hydrogen-bond acceptors (Lipinski definition) is 6. The highest BCUT2D eigenvalue weighted by molar-refractivity contribution is 6.31. The number of carbonyl (C=O) groups excluding carboxylic acids is 4. The van der Waals surface area contributed by atoms with Crippen LogP contribution in [0.4, 0.5) is 11.4 Å². The van der Waals surface area contributed by atoms with Crippen LogP contribution in [0.25, 0.3) is 0 Å². The second-order valence-electron chi connectivity index (χ2n) is 6.29. The van der Waals surface area contributed by atoms with Crippen LogP contribution in [0.2, 0.25) is 5.02 Å². The van der Waals surface area contributed by atoms with Crippen LogP contribution >= 0.6 is 11.6 Å². The van der Waals surface area contributed by atoms with E-state index in [9.17, 15) is 19.2 Å². The SMILES string of the molecule is COC(=O)c1ccc(NC(=O)CCC(=O)OCC(=O)Nc2ccc(C)c(Cl)c2)cc1. The number of amides is 2. The first-order chi connectivity index (χ1) is 14.3. The number of methoxy groups -OCH3 is 1. The summed E-state index contributed by atoms with van der Waals surface area (Å²) in [5, 5.41) is 5.67. The maximum atomic E-state index is 11.9. The van der Waals surface area contributed by atoms with Gasteiger partial charge in [0.2, 0.25) is 5.91 Å². The highest BCUT2D eigenvalue weighted by Crippen LogP contribution is 2.19. The Morgan fingerprint density at radius 2 is 1.53 bits per heavy atom. The van der Waals surface area contributed by atoms with Gasteiger partial charge < -0.3 is 20.1 Å². The van der Waals surface area contributed by atoms with Crippen molar-refractivity contribution in [3.63, 3.8) is 0 Å². The zero-order chi connectivity index (χ0) is 22.1. The predicted octanol–water partition coefficient (Wildman–Crippen LogP) is 3.34. The Labute approximate surface area is 178 Å². The maximum Gasteiger partial charge on any atom is 0.337 e. The molecule has 2 aromatic rings.